The first-order valence-corrected chi connectivity index (χ1v) is 7.74. The summed E-state index contributed by atoms with van der Waals surface area (Å²) >= 11 is 2.13. The summed E-state index contributed by atoms with van der Waals surface area (Å²) < 4.78 is 15.5. The third-order valence-electron chi connectivity index (χ3n) is 2.78. The molecule has 1 fully saturated rings. The van der Waals surface area contributed by atoms with Crippen LogP contribution >= 0.6 is 22.6 Å². The van der Waals surface area contributed by atoms with E-state index in [0.717, 1.165) is 0 Å². The zero-order valence-corrected chi connectivity index (χ0v) is 14.7. The fraction of sp³-hybridized carbons (Fsp3) is 0.714. The number of amides is 1. The van der Waals surface area contributed by atoms with Crippen molar-refractivity contribution >= 4 is 34.7 Å². The predicted molar refractivity (Wildman–Crippen MR) is 84.9 cm³/mol. The fourth-order valence-corrected chi connectivity index (χ4v) is 3.04. The summed E-state index contributed by atoms with van der Waals surface area (Å²) in [5, 5.41) is 0. The second-order valence-corrected chi connectivity index (χ2v) is 7.18. The molecule has 0 spiro atoms. The molecule has 0 aliphatic carbocycles. The van der Waals surface area contributed by atoms with Crippen LogP contribution in [0.3, 0.4) is 0 Å². The zero-order chi connectivity index (χ0) is 16.2. The largest absolute Gasteiger partial charge is 0.467 e. The minimum Gasteiger partial charge on any atom is -0.467 e. The van der Waals surface area contributed by atoms with Crippen molar-refractivity contribution in [2.24, 2.45) is 0 Å². The predicted octanol–water partition coefficient (Wildman–Crippen LogP) is 1.95. The van der Waals surface area contributed by atoms with Crippen LogP contribution in [-0.2, 0) is 19.0 Å². The Morgan fingerprint density at radius 3 is 2.52 bits per heavy atom. The lowest BCUT2D eigenvalue weighted by Gasteiger charge is -2.31. The molecule has 3 atom stereocenters. The lowest BCUT2D eigenvalue weighted by Crippen LogP contribution is -2.49. The number of methoxy groups -OCH3 is 1. The zero-order valence-electron chi connectivity index (χ0n) is 12.6. The number of halogens is 1. The lowest BCUT2D eigenvalue weighted by molar-refractivity contribution is -0.148. The third-order valence-corrected chi connectivity index (χ3v) is 3.91. The molecule has 1 aliphatic heterocycles. The van der Waals surface area contributed by atoms with Crippen LogP contribution in [0.2, 0.25) is 0 Å². The van der Waals surface area contributed by atoms with Crippen molar-refractivity contribution in [3.05, 3.63) is 0 Å². The summed E-state index contributed by atoms with van der Waals surface area (Å²) in [5.41, 5.74) is -0.669. The Kier molecular flexibility index (Phi) is 6.28. The van der Waals surface area contributed by atoms with E-state index in [1.165, 1.54) is 12.0 Å². The van der Waals surface area contributed by atoms with Gasteiger partial charge in [0.1, 0.15) is 24.5 Å². The first-order chi connectivity index (χ1) is 9.71. The van der Waals surface area contributed by atoms with Crippen molar-refractivity contribution in [1.29, 1.82) is 0 Å². The fourth-order valence-electron chi connectivity index (χ4n) is 2.00. The van der Waals surface area contributed by atoms with Crippen molar-refractivity contribution in [2.45, 2.75) is 49.0 Å². The molecule has 0 aromatic heterocycles. The molecule has 1 saturated heterocycles. The van der Waals surface area contributed by atoms with Crippen molar-refractivity contribution < 1.29 is 23.8 Å². The van der Waals surface area contributed by atoms with Gasteiger partial charge >= 0.3 is 12.1 Å². The molecule has 0 unspecified atom stereocenters. The highest BCUT2D eigenvalue weighted by atomic mass is 127. The molecule has 1 heterocycles. The molecule has 0 N–H and O–H groups in total. The number of terminal acetylenes is 1. The van der Waals surface area contributed by atoms with Gasteiger partial charge in [0.25, 0.3) is 0 Å². The van der Waals surface area contributed by atoms with Gasteiger partial charge in [-0.05, 0) is 27.2 Å². The molecular weight excluding hydrogens is 389 g/mol. The Bertz CT molecular complexity index is 440. The highest BCUT2D eigenvalue weighted by Crippen LogP contribution is 2.33. The first kappa shape index (κ1) is 18.0. The number of hydrogen-bond donors (Lipinski definition) is 0. The standard InChI is InChI=1S/C14H20INO5/c1-6-7-20-11-9(15)8-10(12(17)19-5)16(11)13(18)21-14(2,3)4/h1,9-11H,7-8H2,2-5H3/t9-,10+,11+/m1/s1. The summed E-state index contributed by atoms with van der Waals surface area (Å²) in [7, 11) is 1.29. The lowest BCUT2D eigenvalue weighted by atomic mass is 10.2. The maximum Gasteiger partial charge on any atom is 0.413 e. The number of esters is 1. The van der Waals surface area contributed by atoms with E-state index in [9.17, 15) is 9.59 Å². The Balaban J connectivity index is 2.99. The molecule has 1 aliphatic rings. The quantitative estimate of drug-likeness (QED) is 0.309. The minimum atomic E-state index is -0.727. The number of nitrogens with zero attached hydrogens (tertiary/aromatic N) is 1. The van der Waals surface area contributed by atoms with Crippen LogP contribution in [-0.4, -0.2) is 52.5 Å². The van der Waals surface area contributed by atoms with Crippen LogP contribution < -0.4 is 0 Å². The molecule has 1 amide bonds. The van der Waals surface area contributed by atoms with Crippen LogP contribution in [0.4, 0.5) is 4.79 Å². The van der Waals surface area contributed by atoms with Crippen LogP contribution in [0.1, 0.15) is 27.2 Å². The van der Waals surface area contributed by atoms with E-state index < -0.39 is 29.9 Å². The van der Waals surface area contributed by atoms with Gasteiger partial charge in [-0.1, -0.05) is 28.5 Å². The van der Waals surface area contributed by atoms with Gasteiger partial charge in [0.15, 0.2) is 0 Å². The van der Waals surface area contributed by atoms with Crippen LogP contribution in [0.5, 0.6) is 0 Å². The average Bonchev–Trinajstić information content (AvgIpc) is 2.70. The topological polar surface area (TPSA) is 65.1 Å². The number of carbonyl (C=O) groups excluding carboxylic acids is 2. The van der Waals surface area contributed by atoms with Crippen molar-refractivity contribution in [3.8, 4) is 12.3 Å². The molecule has 1 rings (SSSR count). The SMILES string of the molecule is C#CCO[C@H]1[C@H](I)C[C@@H](C(=O)OC)N1C(=O)OC(C)(C)C. The number of alkyl halides is 1. The summed E-state index contributed by atoms with van der Waals surface area (Å²) in [6.07, 6.45) is 4.40. The van der Waals surface area contributed by atoms with Crippen molar-refractivity contribution in [1.82, 2.24) is 4.90 Å². The molecule has 0 aromatic rings. The third kappa shape index (κ3) is 4.74. The summed E-state index contributed by atoms with van der Waals surface area (Å²) in [4.78, 5) is 25.5. The minimum absolute atomic E-state index is 0.0529. The van der Waals surface area contributed by atoms with E-state index in [1.807, 2.05) is 0 Å². The first-order valence-electron chi connectivity index (χ1n) is 6.49. The van der Waals surface area contributed by atoms with Gasteiger partial charge in [0.05, 0.1) is 11.0 Å². The summed E-state index contributed by atoms with van der Waals surface area (Å²) in [5.74, 6) is 1.87. The molecule has 0 radical (unpaired) electrons. The second-order valence-electron chi connectivity index (χ2n) is 5.58. The number of likely N-dealkylation sites (tertiary alicyclic amines) is 1. The van der Waals surface area contributed by atoms with Gasteiger partial charge in [-0.25, -0.2) is 9.59 Å². The molecule has 6 nitrogen and oxygen atoms in total. The number of carbonyl (C=O) groups is 2. The van der Waals surface area contributed by atoms with E-state index >= 15 is 0 Å². The van der Waals surface area contributed by atoms with Crippen LogP contribution in [0.15, 0.2) is 0 Å². The van der Waals surface area contributed by atoms with Crippen molar-refractivity contribution in [2.75, 3.05) is 13.7 Å². The smallest absolute Gasteiger partial charge is 0.413 e. The van der Waals surface area contributed by atoms with Gasteiger partial charge in [-0.3, -0.25) is 4.90 Å². The molecule has 7 heteroatoms. The molecule has 21 heavy (non-hydrogen) atoms. The van der Waals surface area contributed by atoms with Gasteiger partial charge in [-0.2, -0.15) is 0 Å². The van der Waals surface area contributed by atoms with Gasteiger partial charge in [0, 0.05) is 0 Å². The molecular formula is C14H20INO5. The maximum atomic E-state index is 12.4. The van der Waals surface area contributed by atoms with E-state index in [0.29, 0.717) is 6.42 Å². The Labute approximate surface area is 138 Å². The summed E-state index contributed by atoms with van der Waals surface area (Å²) in [6.45, 7) is 5.32. The van der Waals surface area contributed by atoms with Gasteiger partial charge in [0.2, 0.25) is 0 Å². The Hall–Kier alpha value is -1.01. The van der Waals surface area contributed by atoms with Crippen molar-refractivity contribution in [3.63, 3.8) is 0 Å². The monoisotopic (exact) mass is 409 g/mol. The normalized spacial score (nSPS) is 25.3. The summed E-state index contributed by atoms with van der Waals surface area (Å²) in [6, 6.07) is -0.727. The maximum absolute atomic E-state index is 12.4. The van der Waals surface area contributed by atoms with E-state index in [-0.39, 0.29) is 10.5 Å². The molecule has 0 bridgehead atoms. The van der Waals surface area contributed by atoms with E-state index in [4.69, 9.17) is 20.6 Å². The van der Waals surface area contributed by atoms with E-state index in [2.05, 4.69) is 28.5 Å². The highest BCUT2D eigenvalue weighted by Gasteiger charge is 2.49. The van der Waals surface area contributed by atoms with E-state index in [1.54, 1.807) is 20.8 Å². The number of ether oxygens (including phenoxy) is 3. The number of hydrogen-bond acceptors (Lipinski definition) is 5. The number of rotatable bonds is 3. The molecule has 0 saturated carbocycles. The Morgan fingerprint density at radius 1 is 1.43 bits per heavy atom. The van der Waals surface area contributed by atoms with Crippen LogP contribution in [0, 0.1) is 12.3 Å². The second kappa shape index (κ2) is 7.31. The Morgan fingerprint density at radius 2 is 2.05 bits per heavy atom. The van der Waals surface area contributed by atoms with Crippen LogP contribution in [0.25, 0.3) is 0 Å². The average molecular weight is 409 g/mol. The van der Waals surface area contributed by atoms with Gasteiger partial charge in [-0.15, -0.1) is 6.42 Å². The highest BCUT2D eigenvalue weighted by molar-refractivity contribution is 14.1. The van der Waals surface area contributed by atoms with Gasteiger partial charge < -0.3 is 14.2 Å². The molecule has 0 aromatic carbocycles. The molecule has 118 valence electrons.